The zero-order valence-corrected chi connectivity index (χ0v) is 16.1. The van der Waals surface area contributed by atoms with Crippen LogP contribution in [0.4, 0.5) is 0 Å². The summed E-state index contributed by atoms with van der Waals surface area (Å²) in [5.41, 5.74) is 3.74. The van der Waals surface area contributed by atoms with Gasteiger partial charge in [0.1, 0.15) is 12.3 Å². The first-order chi connectivity index (χ1) is 13.0. The van der Waals surface area contributed by atoms with E-state index in [9.17, 15) is 4.79 Å². The van der Waals surface area contributed by atoms with Crippen LogP contribution in [0.5, 0.6) is 5.75 Å². The van der Waals surface area contributed by atoms with Gasteiger partial charge >= 0.3 is 0 Å². The van der Waals surface area contributed by atoms with Gasteiger partial charge in [-0.15, -0.1) is 10.2 Å². The molecule has 0 aliphatic heterocycles. The third-order valence-electron chi connectivity index (χ3n) is 4.50. The number of aromatic nitrogens is 3. The van der Waals surface area contributed by atoms with E-state index in [0.717, 1.165) is 28.3 Å². The molecular weight excluding hydrogens is 344 g/mol. The molecule has 3 rings (SSSR count). The molecule has 0 fully saturated rings. The van der Waals surface area contributed by atoms with E-state index in [4.69, 9.17) is 9.15 Å². The molecule has 0 atom stereocenters. The van der Waals surface area contributed by atoms with Gasteiger partial charge in [0.15, 0.2) is 0 Å². The summed E-state index contributed by atoms with van der Waals surface area (Å²) in [5, 5.41) is 11.1. The molecule has 0 spiro atoms. The number of carbonyl (C=O) groups is 1. The fraction of sp³-hybridized carbons (Fsp3) is 0.350. The van der Waals surface area contributed by atoms with Crippen molar-refractivity contribution >= 4 is 5.91 Å². The van der Waals surface area contributed by atoms with Crippen LogP contribution in [-0.4, -0.2) is 27.8 Å². The fourth-order valence-corrected chi connectivity index (χ4v) is 2.95. The van der Waals surface area contributed by atoms with Crippen LogP contribution >= 0.6 is 0 Å². The molecule has 1 aromatic carbocycles. The standard InChI is InChI=1S/C20H24N4O3/c1-5-19-22-23-20(27-19)17-9-13(2)24(14(17)3)12-18(25)21-11-15-7-6-8-16(10-15)26-4/h6-10H,5,11-12H2,1-4H3,(H,21,25). The second kappa shape index (κ2) is 8.07. The summed E-state index contributed by atoms with van der Waals surface area (Å²) >= 11 is 0. The normalized spacial score (nSPS) is 10.8. The summed E-state index contributed by atoms with van der Waals surface area (Å²) < 4.78 is 12.8. The first-order valence-corrected chi connectivity index (χ1v) is 8.91. The van der Waals surface area contributed by atoms with E-state index in [2.05, 4.69) is 15.5 Å². The van der Waals surface area contributed by atoms with E-state index in [1.807, 2.05) is 55.7 Å². The average Bonchev–Trinajstić information content (AvgIpc) is 3.26. The lowest BCUT2D eigenvalue weighted by molar-refractivity contribution is -0.121. The molecule has 0 saturated carbocycles. The molecule has 7 heteroatoms. The Morgan fingerprint density at radius 1 is 1.26 bits per heavy atom. The summed E-state index contributed by atoms with van der Waals surface area (Å²) in [5.74, 6) is 1.80. The first-order valence-electron chi connectivity index (χ1n) is 8.91. The SMILES string of the molecule is CCc1nnc(-c2cc(C)n(CC(=O)NCc3cccc(OC)c3)c2C)o1. The van der Waals surface area contributed by atoms with Gasteiger partial charge in [-0.2, -0.15) is 0 Å². The highest BCUT2D eigenvalue weighted by atomic mass is 16.5. The van der Waals surface area contributed by atoms with Crippen LogP contribution in [0.15, 0.2) is 34.7 Å². The summed E-state index contributed by atoms with van der Waals surface area (Å²) in [6, 6.07) is 9.61. The van der Waals surface area contributed by atoms with Gasteiger partial charge in [0, 0.05) is 24.4 Å². The maximum absolute atomic E-state index is 12.4. The molecule has 2 heterocycles. The van der Waals surface area contributed by atoms with E-state index in [0.29, 0.717) is 24.7 Å². The molecule has 142 valence electrons. The minimum absolute atomic E-state index is 0.0639. The molecule has 2 aromatic heterocycles. The van der Waals surface area contributed by atoms with Gasteiger partial charge < -0.3 is 19.0 Å². The minimum Gasteiger partial charge on any atom is -0.497 e. The quantitative estimate of drug-likeness (QED) is 0.693. The molecule has 1 amide bonds. The Balaban J connectivity index is 1.68. The lowest BCUT2D eigenvalue weighted by Gasteiger charge is -2.11. The lowest BCUT2D eigenvalue weighted by atomic mass is 10.2. The van der Waals surface area contributed by atoms with Crippen LogP contribution in [0.3, 0.4) is 0 Å². The number of nitrogens with one attached hydrogen (secondary N) is 1. The maximum atomic E-state index is 12.4. The average molecular weight is 368 g/mol. The Morgan fingerprint density at radius 3 is 2.78 bits per heavy atom. The highest BCUT2D eigenvalue weighted by Gasteiger charge is 2.17. The van der Waals surface area contributed by atoms with Crippen LogP contribution in [0.25, 0.3) is 11.5 Å². The van der Waals surface area contributed by atoms with Crippen molar-refractivity contribution in [2.24, 2.45) is 0 Å². The largest absolute Gasteiger partial charge is 0.497 e. The predicted molar refractivity (Wildman–Crippen MR) is 101 cm³/mol. The van der Waals surface area contributed by atoms with Gasteiger partial charge in [-0.05, 0) is 37.6 Å². The molecule has 27 heavy (non-hydrogen) atoms. The van der Waals surface area contributed by atoms with Crippen LogP contribution < -0.4 is 10.1 Å². The number of aryl methyl sites for hydroxylation is 2. The van der Waals surface area contributed by atoms with Crippen molar-refractivity contribution in [3.63, 3.8) is 0 Å². The van der Waals surface area contributed by atoms with E-state index in [1.165, 1.54) is 0 Å². The lowest BCUT2D eigenvalue weighted by Crippen LogP contribution is -2.27. The summed E-state index contributed by atoms with van der Waals surface area (Å²) in [4.78, 5) is 12.4. The van der Waals surface area contributed by atoms with Crippen molar-refractivity contribution < 1.29 is 13.9 Å². The van der Waals surface area contributed by atoms with Gasteiger partial charge in [0.05, 0.1) is 12.7 Å². The van der Waals surface area contributed by atoms with Gasteiger partial charge in [-0.1, -0.05) is 19.1 Å². The van der Waals surface area contributed by atoms with Gasteiger partial charge in [0.2, 0.25) is 17.7 Å². The van der Waals surface area contributed by atoms with Crippen molar-refractivity contribution in [3.05, 3.63) is 53.2 Å². The van der Waals surface area contributed by atoms with Crippen molar-refractivity contribution in [3.8, 4) is 17.2 Å². The predicted octanol–water partition coefficient (Wildman–Crippen LogP) is 3.04. The van der Waals surface area contributed by atoms with Crippen molar-refractivity contribution in [1.82, 2.24) is 20.1 Å². The molecule has 0 aliphatic carbocycles. The Bertz CT molecular complexity index is 943. The number of rotatable bonds is 7. The highest BCUT2D eigenvalue weighted by Crippen LogP contribution is 2.26. The number of benzene rings is 1. The molecule has 1 N–H and O–H groups in total. The van der Waals surface area contributed by atoms with Crippen LogP contribution in [0.1, 0.15) is 29.8 Å². The van der Waals surface area contributed by atoms with E-state index >= 15 is 0 Å². The molecule has 7 nitrogen and oxygen atoms in total. The van der Waals surface area contributed by atoms with Crippen LogP contribution in [-0.2, 0) is 24.3 Å². The number of amides is 1. The second-order valence-corrected chi connectivity index (χ2v) is 6.35. The third kappa shape index (κ3) is 4.19. The summed E-state index contributed by atoms with van der Waals surface area (Å²) in [7, 11) is 1.62. The van der Waals surface area contributed by atoms with Crippen LogP contribution in [0.2, 0.25) is 0 Å². The smallest absolute Gasteiger partial charge is 0.249 e. The molecule has 0 aliphatic rings. The van der Waals surface area contributed by atoms with Crippen molar-refractivity contribution in [2.75, 3.05) is 7.11 Å². The van der Waals surface area contributed by atoms with E-state index in [-0.39, 0.29) is 12.5 Å². The van der Waals surface area contributed by atoms with Crippen LogP contribution in [0, 0.1) is 13.8 Å². The van der Waals surface area contributed by atoms with Gasteiger partial charge in [-0.25, -0.2) is 0 Å². The Hall–Kier alpha value is -3.09. The van der Waals surface area contributed by atoms with Crippen molar-refractivity contribution in [1.29, 1.82) is 0 Å². The number of carbonyl (C=O) groups excluding carboxylic acids is 1. The maximum Gasteiger partial charge on any atom is 0.249 e. The number of nitrogens with zero attached hydrogens (tertiary/aromatic N) is 3. The third-order valence-corrected chi connectivity index (χ3v) is 4.50. The van der Waals surface area contributed by atoms with E-state index < -0.39 is 0 Å². The topological polar surface area (TPSA) is 82.2 Å². The molecule has 0 bridgehead atoms. The highest BCUT2D eigenvalue weighted by molar-refractivity contribution is 5.76. The number of hydrogen-bond acceptors (Lipinski definition) is 5. The molecule has 0 unspecified atom stereocenters. The van der Waals surface area contributed by atoms with Gasteiger partial charge in [0.25, 0.3) is 0 Å². The van der Waals surface area contributed by atoms with E-state index in [1.54, 1.807) is 7.11 Å². The Morgan fingerprint density at radius 2 is 2.07 bits per heavy atom. The second-order valence-electron chi connectivity index (χ2n) is 6.35. The zero-order chi connectivity index (χ0) is 19.4. The van der Waals surface area contributed by atoms with Crippen molar-refractivity contribution in [2.45, 2.75) is 40.3 Å². The molecular formula is C20H24N4O3. The molecule has 0 radical (unpaired) electrons. The Kier molecular flexibility index (Phi) is 5.59. The molecule has 0 saturated heterocycles. The fourth-order valence-electron chi connectivity index (χ4n) is 2.95. The number of methoxy groups -OCH3 is 1. The Labute approximate surface area is 158 Å². The minimum atomic E-state index is -0.0639. The summed E-state index contributed by atoms with van der Waals surface area (Å²) in [6.07, 6.45) is 0.693. The first kappa shape index (κ1) is 18.7. The summed E-state index contributed by atoms with van der Waals surface area (Å²) in [6.45, 7) is 6.56. The number of hydrogen-bond donors (Lipinski definition) is 1. The number of ether oxygens (including phenoxy) is 1. The monoisotopic (exact) mass is 368 g/mol. The van der Waals surface area contributed by atoms with Gasteiger partial charge in [-0.3, -0.25) is 4.79 Å². The zero-order valence-electron chi connectivity index (χ0n) is 16.1. The molecule has 3 aromatic rings.